The molecule has 1 aromatic carbocycles. The maximum atomic E-state index is 13.4. The van der Waals surface area contributed by atoms with E-state index >= 15 is 0 Å². The molecule has 1 amide bonds. The molecule has 28 heavy (non-hydrogen) atoms. The maximum Gasteiger partial charge on any atom is 0.290 e. The average molecular weight is 466 g/mol. The van der Waals surface area contributed by atoms with Crippen LogP contribution in [-0.4, -0.2) is 36.8 Å². The van der Waals surface area contributed by atoms with E-state index in [0.29, 0.717) is 17.8 Å². The number of hydrogen-bond donors (Lipinski definition) is 0. The Morgan fingerprint density at radius 3 is 2.64 bits per heavy atom. The summed E-state index contributed by atoms with van der Waals surface area (Å²) in [6.45, 7) is 3.87. The zero-order valence-electron chi connectivity index (χ0n) is 15.6. The maximum absolute atomic E-state index is 13.4. The van der Waals surface area contributed by atoms with E-state index in [2.05, 4.69) is 15.9 Å². The van der Waals surface area contributed by atoms with Gasteiger partial charge in [0.15, 0.2) is 15.6 Å². The lowest BCUT2D eigenvalue weighted by Crippen LogP contribution is -2.40. The first kappa shape index (κ1) is 19.3. The lowest BCUT2D eigenvalue weighted by molar-refractivity contribution is 0.0634. The number of carbonyl (C=O) groups excluding carboxylic acids is 1. The van der Waals surface area contributed by atoms with Gasteiger partial charge in [0, 0.05) is 21.5 Å². The van der Waals surface area contributed by atoms with E-state index in [-0.39, 0.29) is 29.7 Å². The Bertz CT molecular complexity index is 1160. The van der Waals surface area contributed by atoms with Gasteiger partial charge in [0.25, 0.3) is 5.91 Å². The van der Waals surface area contributed by atoms with Crippen molar-refractivity contribution in [1.82, 2.24) is 4.90 Å². The number of halogens is 1. The van der Waals surface area contributed by atoms with Gasteiger partial charge in [-0.15, -0.1) is 0 Å². The van der Waals surface area contributed by atoms with Gasteiger partial charge < -0.3 is 13.7 Å². The van der Waals surface area contributed by atoms with Crippen molar-refractivity contribution < 1.29 is 22.0 Å². The van der Waals surface area contributed by atoms with Crippen LogP contribution in [0.1, 0.15) is 34.1 Å². The van der Waals surface area contributed by atoms with Crippen molar-refractivity contribution in [3.63, 3.8) is 0 Å². The predicted molar refractivity (Wildman–Crippen MR) is 109 cm³/mol. The molecule has 0 N–H and O–H groups in total. The van der Waals surface area contributed by atoms with Gasteiger partial charge in [-0.05, 0) is 50.6 Å². The minimum absolute atomic E-state index is 0.0384. The summed E-state index contributed by atoms with van der Waals surface area (Å²) >= 11 is 3.41. The van der Waals surface area contributed by atoms with Crippen molar-refractivity contribution in [2.45, 2.75) is 32.9 Å². The van der Waals surface area contributed by atoms with Crippen molar-refractivity contribution >= 4 is 42.6 Å². The van der Waals surface area contributed by atoms with Gasteiger partial charge in [-0.25, -0.2) is 8.42 Å². The van der Waals surface area contributed by atoms with Crippen LogP contribution in [0.15, 0.2) is 43.6 Å². The third kappa shape index (κ3) is 3.63. The van der Waals surface area contributed by atoms with Gasteiger partial charge >= 0.3 is 0 Å². The number of rotatable bonds is 4. The highest BCUT2D eigenvalue weighted by atomic mass is 79.9. The molecule has 1 saturated heterocycles. The van der Waals surface area contributed by atoms with Crippen LogP contribution in [0, 0.1) is 13.8 Å². The Kier molecular flexibility index (Phi) is 4.87. The van der Waals surface area contributed by atoms with Gasteiger partial charge in [0.05, 0.1) is 18.1 Å². The van der Waals surface area contributed by atoms with Gasteiger partial charge in [-0.2, -0.15) is 0 Å². The molecule has 4 rings (SSSR count). The third-order valence-electron chi connectivity index (χ3n) is 5.13. The second-order valence-electron chi connectivity index (χ2n) is 7.20. The molecule has 3 heterocycles. The number of sulfone groups is 1. The molecule has 3 aromatic rings. The molecule has 148 valence electrons. The number of amides is 1. The van der Waals surface area contributed by atoms with Crippen molar-refractivity contribution in [2.75, 3.05) is 11.5 Å². The van der Waals surface area contributed by atoms with E-state index in [4.69, 9.17) is 8.83 Å². The summed E-state index contributed by atoms with van der Waals surface area (Å²) in [6, 6.07) is 8.85. The molecule has 1 aliphatic heterocycles. The lowest BCUT2D eigenvalue weighted by atomic mass is 10.1. The molecule has 0 unspecified atom stereocenters. The highest BCUT2D eigenvalue weighted by Gasteiger charge is 2.37. The number of hydrogen-bond acceptors (Lipinski definition) is 5. The summed E-state index contributed by atoms with van der Waals surface area (Å²) in [5.41, 5.74) is 1.36. The number of fused-ring (bicyclic) bond motifs is 1. The summed E-state index contributed by atoms with van der Waals surface area (Å²) in [5.74, 6) is 1.33. The largest absolute Gasteiger partial charge is 0.464 e. The molecule has 0 aliphatic carbocycles. The zero-order chi connectivity index (χ0) is 20.1. The van der Waals surface area contributed by atoms with Crippen molar-refractivity contribution in [3.05, 3.63) is 57.6 Å². The Labute approximate surface area is 171 Å². The molecule has 1 atom stereocenters. The highest BCUT2D eigenvalue weighted by molar-refractivity contribution is 9.10. The van der Waals surface area contributed by atoms with E-state index in [1.165, 1.54) is 0 Å². The SMILES string of the molecule is Cc1ccc(CN(C(=O)c2oc3cc(Br)ccc3c2C)[C@H]2CCS(=O)(=O)C2)o1. The average Bonchev–Trinajstić information content (AvgIpc) is 3.29. The number of furan rings is 2. The highest BCUT2D eigenvalue weighted by Crippen LogP contribution is 2.31. The molecule has 0 radical (unpaired) electrons. The smallest absolute Gasteiger partial charge is 0.290 e. The van der Waals surface area contributed by atoms with Crippen molar-refractivity contribution in [1.29, 1.82) is 0 Å². The van der Waals surface area contributed by atoms with Crippen LogP contribution >= 0.6 is 15.9 Å². The van der Waals surface area contributed by atoms with Crippen LogP contribution < -0.4 is 0 Å². The lowest BCUT2D eigenvalue weighted by Gasteiger charge is -2.26. The fourth-order valence-electron chi connectivity index (χ4n) is 3.66. The van der Waals surface area contributed by atoms with Gasteiger partial charge in [0.1, 0.15) is 17.1 Å². The van der Waals surface area contributed by atoms with E-state index in [1.807, 2.05) is 44.2 Å². The Balaban J connectivity index is 1.73. The predicted octanol–water partition coefficient (Wildman–Crippen LogP) is 4.23. The summed E-state index contributed by atoms with van der Waals surface area (Å²) < 4.78 is 36.4. The second kappa shape index (κ2) is 7.08. The van der Waals surface area contributed by atoms with E-state index in [9.17, 15) is 13.2 Å². The second-order valence-corrected chi connectivity index (χ2v) is 10.3. The van der Waals surface area contributed by atoms with Crippen LogP contribution in [0.4, 0.5) is 0 Å². The third-order valence-corrected chi connectivity index (χ3v) is 7.37. The summed E-state index contributed by atoms with van der Waals surface area (Å²) in [6.07, 6.45) is 0.415. The van der Waals surface area contributed by atoms with Gasteiger partial charge in [-0.1, -0.05) is 15.9 Å². The Hall–Kier alpha value is -2.06. The van der Waals surface area contributed by atoms with Crippen molar-refractivity contribution in [2.24, 2.45) is 0 Å². The summed E-state index contributed by atoms with van der Waals surface area (Å²) in [7, 11) is -3.14. The topological polar surface area (TPSA) is 80.7 Å². The molecule has 8 heteroatoms. The fourth-order valence-corrected chi connectivity index (χ4v) is 5.73. The standard InChI is InChI=1S/C20H20BrNO5S/c1-12-3-5-16(26-12)10-22(15-7-8-28(24,25)11-15)20(23)19-13(2)17-6-4-14(21)9-18(17)27-19/h3-6,9,15H,7-8,10-11H2,1-2H3/t15-/m0/s1. The summed E-state index contributed by atoms with van der Waals surface area (Å²) in [4.78, 5) is 15.0. The van der Waals surface area contributed by atoms with E-state index < -0.39 is 15.9 Å². The van der Waals surface area contributed by atoms with E-state index in [1.54, 1.807) is 4.90 Å². The molecule has 6 nitrogen and oxygen atoms in total. The van der Waals surface area contributed by atoms with Gasteiger partial charge in [0.2, 0.25) is 0 Å². The summed E-state index contributed by atoms with van der Waals surface area (Å²) in [5, 5.41) is 0.861. The number of nitrogens with zero attached hydrogens (tertiary/aromatic N) is 1. The van der Waals surface area contributed by atoms with Crippen LogP contribution in [0.2, 0.25) is 0 Å². The van der Waals surface area contributed by atoms with E-state index in [0.717, 1.165) is 21.2 Å². The van der Waals surface area contributed by atoms with Crippen LogP contribution in [0.25, 0.3) is 11.0 Å². The van der Waals surface area contributed by atoms with Crippen LogP contribution in [0.5, 0.6) is 0 Å². The molecule has 1 fully saturated rings. The molecule has 0 spiro atoms. The Morgan fingerprint density at radius 2 is 2.00 bits per heavy atom. The molecular formula is C20H20BrNO5S. The first-order chi connectivity index (χ1) is 13.2. The van der Waals surface area contributed by atoms with Crippen molar-refractivity contribution in [3.8, 4) is 0 Å². The molecule has 1 aliphatic rings. The fraction of sp³-hybridized carbons (Fsp3) is 0.350. The first-order valence-electron chi connectivity index (χ1n) is 8.99. The number of aryl methyl sites for hydroxylation is 2. The first-order valence-corrected chi connectivity index (χ1v) is 11.6. The molecule has 0 saturated carbocycles. The van der Waals surface area contributed by atoms with Gasteiger partial charge in [-0.3, -0.25) is 4.79 Å². The monoisotopic (exact) mass is 465 g/mol. The number of carbonyl (C=O) groups is 1. The Morgan fingerprint density at radius 1 is 1.21 bits per heavy atom. The zero-order valence-corrected chi connectivity index (χ0v) is 18.0. The van der Waals surface area contributed by atoms with Crippen LogP contribution in [-0.2, 0) is 16.4 Å². The molecular weight excluding hydrogens is 446 g/mol. The quantitative estimate of drug-likeness (QED) is 0.575. The minimum atomic E-state index is -3.14. The number of benzene rings is 1. The molecule has 2 aromatic heterocycles. The normalized spacial score (nSPS) is 18.6. The minimum Gasteiger partial charge on any atom is -0.464 e. The molecule has 0 bridgehead atoms. The van der Waals surface area contributed by atoms with Crippen LogP contribution in [0.3, 0.4) is 0 Å².